The summed E-state index contributed by atoms with van der Waals surface area (Å²) in [5.41, 5.74) is 0. The van der Waals surface area contributed by atoms with Crippen molar-refractivity contribution in [3.05, 3.63) is 12.2 Å². The Bertz CT molecular complexity index is 167. The Morgan fingerprint density at radius 2 is 2.00 bits per heavy atom. The van der Waals surface area contributed by atoms with E-state index < -0.39 is 5.97 Å². The second-order valence-electron chi connectivity index (χ2n) is 3.11. The molecule has 1 radical (unpaired) electrons. The van der Waals surface area contributed by atoms with Gasteiger partial charge >= 0.3 is 5.97 Å². The molecule has 0 aliphatic heterocycles. The molecule has 83 valence electrons. The predicted octanol–water partition coefficient (Wildman–Crippen LogP) is 3.33. The van der Waals surface area contributed by atoms with E-state index in [0.29, 0.717) is 0 Å². The fourth-order valence-electron chi connectivity index (χ4n) is 1.28. The largest absolute Gasteiger partial charge is 0.481 e. The first-order valence-electron chi connectivity index (χ1n) is 4.49. The van der Waals surface area contributed by atoms with Crippen LogP contribution in [0.4, 0.5) is 0 Å². The van der Waals surface area contributed by atoms with Gasteiger partial charge in [-0.1, -0.05) is 39.8 Å². The molecule has 0 bridgehead atoms. The Balaban J connectivity index is -0.000000605. The number of hydrogen-bond donors (Lipinski definition) is 1. The summed E-state index contributed by atoms with van der Waals surface area (Å²) in [6.07, 6.45) is 5.91. The molecule has 0 aromatic carbocycles. The van der Waals surface area contributed by atoms with Crippen LogP contribution in [0.3, 0.4) is 0 Å². The van der Waals surface area contributed by atoms with Crippen molar-refractivity contribution < 1.29 is 28.5 Å². The van der Waals surface area contributed by atoms with Gasteiger partial charge in [-0.25, -0.2) is 0 Å². The average molecular weight is 237 g/mol. The number of rotatable bonds is 5. The van der Waals surface area contributed by atoms with Crippen molar-refractivity contribution in [1.29, 1.82) is 0 Å². The average Bonchev–Trinajstić information content (AvgIpc) is 2.03. The van der Waals surface area contributed by atoms with E-state index in [1.165, 1.54) is 0 Å². The molecule has 0 aromatic rings. The maximum absolute atomic E-state index is 10.7. The van der Waals surface area contributed by atoms with Crippen molar-refractivity contribution >= 4 is 5.97 Å². The summed E-state index contributed by atoms with van der Waals surface area (Å²) < 4.78 is 0. The monoisotopic (exact) mass is 237 g/mol. The number of aliphatic carboxylic acids is 1. The van der Waals surface area contributed by atoms with E-state index in [1.807, 2.05) is 19.1 Å². The van der Waals surface area contributed by atoms with E-state index in [4.69, 9.17) is 5.11 Å². The fourth-order valence-corrected chi connectivity index (χ4v) is 1.28. The van der Waals surface area contributed by atoms with Crippen LogP contribution in [0, 0.1) is 11.8 Å². The van der Waals surface area contributed by atoms with Crippen LogP contribution in [0.5, 0.6) is 0 Å². The topological polar surface area (TPSA) is 37.3 Å². The van der Waals surface area contributed by atoms with Crippen LogP contribution in [0.2, 0.25) is 0 Å². The van der Waals surface area contributed by atoms with Crippen LogP contribution in [0.25, 0.3) is 0 Å². The minimum Gasteiger partial charge on any atom is -0.481 e. The van der Waals surface area contributed by atoms with Gasteiger partial charge in [0.1, 0.15) is 0 Å². The van der Waals surface area contributed by atoms with Crippen LogP contribution >= 0.6 is 0 Å². The Hall–Kier alpha value is -0.206. The Labute approximate surface area is 99.7 Å². The van der Waals surface area contributed by atoms with Gasteiger partial charge in [-0.15, -0.1) is 0 Å². The molecule has 14 heavy (non-hydrogen) atoms. The summed E-state index contributed by atoms with van der Waals surface area (Å²) in [5.74, 6) is -0.773. The smallest absolute Gasteiger partial charge is 0.306 e. The number of allylic oxidation sites excluding steroid dienone is 2. The molecule has 0 aliphatic rings. The van der Waals surface area contributed by atoms with Crippen molar-refractivity contribution in [2.24, 2.45) is 11.8 Å². The van der Waals surface area contributed by atoms with Crippen LogP contribution in [-0.4, -0.2) is 11.1 Å². The molecule has 2 atom stereocenters. The van der Waals surface area contributed by atoms with E-state index >= 15 is 0 Å². The van der Waals surface area contributed by atoms with E-state index in [1.54, 1.807) is 6.92 Å². The van der Waals surface area contributed by atoms with E-state index in [-0.39, 0.29) is 37.8 Å². The number of carbonyl (C=O) groups is 1. The van der Waals surface area contributed by atoms with E-state index in [9.17, 15) is 4.79 Å². The first-order chi connectivity index (χ1) is 5.63. The van der Waals surface area contributed by atoms with E-state index in [2.05, 4.69) is 6.92 Å². The van der Waals surface area contributed by atoms with Gasteiger partial charge in [0.05, 0.1) is 5.92 Å². The van der Waals surface area contributed by atoms with Crippen LogP contribution < -0.4 is 0 Å². The summed E-state index contributed by atoms with van der Waals surface area (Å²) in [5, 5.41) is 8.77. The summed E-state index contributed by atoms with van der Waals surface area (Å²) in [4.78, 5) is 10.7. The molecule has 0 fully saturated rings. The van der Waals surface area contributed by atoms with Crippen molar-refractivity contribution in [1.82, 2.24) is 0 Å². The van der Waals surface area contributed by atoms with Gasteiger partial charge in [0.25, 0.3) is 0 Å². The molecule has 0 unspecified atom stereocenters. The van der Waals surface area contributed by atoms with Crippen LogP contribution in [-0.2, 0) is 23.4 Å². The van der Waals surface area contributed by atoms with Gasteiger partial charge in [-0.2, -0.15) is 0 Å². The Morgan fingerprint density at radius 3 is 2.29 bits per heavy atom. The molecule has 0 saturated heterocycles. The molecule has 0 aliphatic carbocycles. The molecule has 0 heterocycles. The zero-order chi connectivity index (χ0) is 9.56. The third-order valence-electron chi connectivity index (χ3n) is 2.09. The summed E-state index contributed by atoms with van der Waals surface area (Å²) in [6, 6.07) is 0. The zero-order valence-electron chi connectivity index (χ0n) is 8.53. The van der Waals surface area contributed by atoms with Gasteiger partial charge in [0.2, 0.25) is 0 Å². The first-order valence-corrected chi connectivity index (χ1v) is 4.49. The fraction of sp³-hybridized carbons (Fsp3) is 0.727. The molecule has 0 aromatic heterocycles. The summed E-state index contributed by atoms with van der Waals surface area (Å²) >= 11 is 0. The third kappa shape index (κ3) is 7.22. The SMILES string of the molecule is C.C/C=C/[C@@H](CCC)[C@@H](C)C(=O)O.[V]. The molecule has 3 heteroatoms. The standard InChI is InChI=1S/C10H18O2.CH4.V/c1-4-6-9(7-5-2)8(3)10(11)12;;/h4,6,8-9H,5,7H2,1-3H3,(H,11,12);1H4;/b6-4+;;/t8-,9+;;/m1../s1. The second kappa shape index (κ2) is 10.9. The number of carboxylic acid groups (broad SMARTS) is 1. The van der Waals surface area contributed by atoms with Gasteiger partial charge in [-0.05, 0) is 19.3 Å². The molecule has 2 nitrogen and oxygen atoms in total. The molecule has 0 rings (SSSR count). The zero-order valence-corrected chi connectivity index (χ0v) is 9.92. The molecule has 0 amide bonds. The van der Waals surface area contributed by atoms with Crippen LogP contribution in [0.15, 0.2) is 12.2 Å². The number of carboxylic acids is 1. The van der Waals surface area contributed by atoms with Crippen molar-refractivity contribution in [3.8, 4) is 0 Å². The van der Waals surface area contributed by atoms with E-state index in [0.717, 1.165) is 12.8 Å². The minimum atomic E-state index is -0.702. The molecule has 0 saturated carbocycles. The normalized spacial score (nSPS) is 13.9. The van der Waals surface area contributed by atoms with Gasteiger partial charge in [0, 0.05) is 18.6 Å². The summed E-state index contributed by atoms with van der Waals surface area (Å²) in [7, 11) is 0. The second-order valence-corrected chi connectivity index (χ2v) is 3.11. The number of hydrogen-bond acceptors (Lipinski definition) is 1. The van der Waals surface area contributed by atoms with Gasteiger partial charge in [0.15, 0.2) is 0 Å². The molecule has 0 spiro atoms. The molecule has 1 N–H and O–H groups in total. The quantitative estimate of drug-likeness (QED) is 0.744. The third-order valence-corrected chi connectivity index (χ3v) is 2.09. The molecular formula is C11H22O2V. The predicted molar refractivity (Wildman–Crippen MR) is 56.7 cm³/mol. The van der Waals surface area contributed by atoms with Crippen molar-refractivity contribution in [3.63, 3.8) is 0 Å². The van der Waals surface area contributed by atoms with Crippen molar-refractivity contribution in [2.75, 3.05) is 0 Å². The Kier molecular flexibility index (Phi) is 15.1. The van der Waals surface area contributed by atoms with Gasteiger partial charge < -0.3 is 5.11 Å². The van der Waals surface area contributed by atoms with Crippen LogP contribution in [0.1, 0.15) is 41.0 Å². The van der Waals surface area contributed by atoms with Gasteiger partial charge in [-0.3, -0.25) is 4.79 Å². The maximum Gasteiger partial charge on any atom is 0.306 e. The minimum absolute atomic E-state index is 0. The first kappa shape index (κ1) is 19.4. The summed E-state index contributed by atoms with van der Waals surface area (Å²) in [6.45, 7) is 5.77. The maximum atomic E-state index is 10.7. The van der Waals surface area contributed by atoms with Crippen molar-refractivity contribution in [2.45, 2.75) is 41.0 Å². The Morgan fingerprint density at radius 1 is 1.50 bits per heavy atom. The molecular weight excluding hydrogens is 215 g/mol.